The van der Waals surface area contributed by atoms with E-state index in [9.17, 15) is 19.0 Å². The van der Waals surface area contributed by atoms with Gasteiger partial charge < -0.3 is 27.9 Å². The van der Waals surface area contributed by atoms with Crippen LogP contribution in [0.25, 0.3) is 0 Å². The Labute approximate surface area is 494 Å². The average molecular weight is 1140 g/mol. The van der Waals surface area contributed by atoms with Crippen LogP contribution in [0.15, 0.2) is 85.1 Å². The molecule has 9 nitrogen and oxygen atoms in total. The number of allylic oxidation sites excluding steroid dienone is 14. The van der Waals surface area contributed by atoms with Crippen LogP contribution in [0.5, 0.6) is 0 Å². The minimum absolute atomic E-state index is 0.0329. The van der Waals surface area contributed by atoms with Gasteiger partial charge in [-0.05, 0) is 89.9 Å². The van der Waals surface area contributed by atoms with Crippen molar-refractivity contribution in [1.82, 2.24) is 0 Å². The van der Waals surface area contributed by atoms with E-state index in [1.54, 1.807) is 0 Å². The summed E-state index contributed by atoms with van der Waals surface area (Å²) in [7, 11) is 1.17. The van der Waals surface area contributed by atoms with Crippen LogP contribution in [0.1, 0.15) is 296 Å². The van der Waals surface area contributed by atoms with Crippen molar-refractivity contribution in [3.8, 4) is 0 Å². The largest absolute Gasteiger partial charge is 0.756 e. The van der Waals surface area contributed by atoms with Crippen molar-refractivity contribution in [3.63, 3.8) is 0 Å². The highest BCUT2D eigenvalue weighted by Crippen LogP contribution is 2.38. The van der Waals surface area contributed by atoms with Gasteiger partial charge in [0.05, 0.1) is 27.7 Å². The molecule has 0 radical (unpaired) electrons. The van der Waals surface area contributed by atoms with E-state index in [-0.39, 0.29) is 32.0 Å². The van der Waals surface area contributed by atoms with Crippen LogP contribution >= 0.6 is 7.82 Å². The van der Waals surface area contributed by atoms with Gasteiger partial charge in [0.15, 0.2) is 6.10 Å². The van der Waals surface area contributed by atoms with Crippen LogP contribution in [0.4, 0.5) is 0 Å². The predicted molar refractivity (Wildman–Crippen MR) is 342 cm³/mol. The molecule has 0 saturated heterocycles. The lowest BCUT2D eigenvalue weighted by Gasteiger charge is -2.28. The number of nitrogens with zero attached hydrogens (tertiary/aromatic N) is 1. The normalized spacial score (nSPS) is 13.7. The first-order chi connectivity index (χ1) is 39.0. The van der Waals surface area contributed by atoms with Crippen LogP contribution in [0.2, 0.25) is 0 Å². The number of phosphoric acid groups is 1. The van der Waals surface area contributed by atoms with Gasteiger partial charge in [-0.25, -0.2) is 0 Å². The quantitative estimate of drug-likeness (QED) is 0.0195. The molecule has 0 rings (SSSR count). The van der Waals surface area contributed by atoms with E-state index in [0.29, 0.717) is 17.4 Å². The Hall–Kier alpha value is -2.81. The molecular weight excluding hydrogens is 1010 g/mol. The highest BCUT2D eigenvalue weighted by molar-refractivity contribution is 7.45. The first-order valence-corrected chi connectivity index (χ1v) is 34.8. The van der Waals surface area contributed by atoms with E-state index in [1.165, 1.54) is 186 Å². The molecule has 10 heteroatoms. The van der Waals surface area contributed by atoms with Gasteiger partial charge in [0.1, 0.15) is 19.8 Å². The van der Waals surface area contributed by atoms with E-state index >= 15 is 0 Å². The first-order valence-electron chi connectivity index (χ1n) is 33.3. The number of unbranched alkanes of at least 4 members (excludes halogenated alkanes) is 33. The molecular formula is C70H126NO8P. The van der Waals surface area contributed by atoms with Crippen molar-refractivity contribution in [3.05, 3.63) is 85.1 Å². The summed E-state index contributed by atoms with van der Waals surface area (Å²) in [6, 6.07) is 0. The highest BCUT2D eigenvalue weighted by Gasteiger charge is 2.22. The molecule has 2 unspecified atom stereocenters. The lowest BCUT2D eigenvalue weighted by molar-refractivity contribution is -0.870. The van der Waals surface area contributed by atoms with Crippen LogP contribution in [-0.4, -0.2) is 70.0 Å². The van der Waals surface area contributed by atoms with E-state index in [0.717, 1.165) is 77.0 Å². The summed E-state index contributed by atoms with van der Waals surface area (Å²) < 4.78 is 34.3. The summed E-state index contributed by atoms with van der Waals surface area (Å²) in [6.45, 7) is 4.15. The summed E-state index contributed by atoms with van der Waals surface area (Å²) in [4.78, 5) is 38.0. The zero-order chi connectivity index (χ0) is 58.4. The maximum Gasteiger partial charge on any atom is 0.306 e. The molecule has 0 aliphatic heterocycles. The minimum atomic E-state index is -4.64. The third-order valence-electron chi connectivity index (χ3n) is 14.4. The van der Waals surface area contributed by atoms with Crippen molar-refractivity contribution in [2.45, 2.75) is 302 Å². The number of carbonyl (C=O) groups excluding carboxylic acids is 2. The van der Waals surface area contributed by atoms with Crippen LogP contribution < -0.4 is 4.89 Å². The lowest BCUT2D eigenvalue weighted by Crippen LogP contribution is -2.37. The molecule has 2 atom stereocenters. The molecule has 0 aromatic heterocycles. The number of ether oxygens (including phenoxy) is 2. The standard InChI is InChI=1S/C70H126NO8P/c1-6-8-10-12-14-16-18-20-22-24-26-28-30-32-34-35-37-39-41-43-45-47-49-51-53-55-57-59-61-63-70(73)79-68(67-78-80(74,75)77-65-64-71(3,4)5)66-76-69(72)62-60-58-56-54-52-50-48-46-44-42-40-38-36-33-31-29-27-25-23-21-19-17-15-13-11-9-7-2/h8,10,14,16,19-22,25-28,31,33,68H,6-7,9,11-13,15,17-18,23-24,29-30,32,34-67H2,1-5H3/b10-8-,16-14-,21-19-,22-20-,27-25-,28-26-,33-31-. The Morgan fingerprint density at radius 3 is 1.06 bits per heavy atom. The van der Waals surface area contributed by atoms with E-state index in [1.807, 2.05) is 21.1 Å². The van der Waals surface area contributed by atoms with Gasteiger partial charge in [-0.1, -0.05) is 279 Å². The fourth-order valence-electron chi connectivity index (χ4n) is 9.30. The molecule has 0 aromatic rings. The lowest BCUT2D eigenvalue weighted by atomic mass is 10.0. The third-order valence-corrected chi connectivity index (χ3v) is 15.4. The maximum atomic E-state index is 12.9. The molecule has 0 bridgehead atoms. The molecule has 0 spiro atoms. The second-order valence-corrected chi connectivity index (χ2v) is 24.9. The third kappa shape index (κ3) is 64.4. The van der Waals surface area contributed by atoms with Crippen molar-refractivity contribution in [2.24, 2.45) is 0 Å². The minimum Gasteiger partial charge on any atom is -0.756 e. The van der Waals surface area contributed by atoms with E-state index in [2.05, 4.69) is 98.9 Å². The number of hydrogen-bond donors (Lipinski definition) is 0. The second kappa shape index (κ2) is 60.8. The van der Waals surface area contributed by atoms with Crippen molar-refractivity contribution in [2.75, 3.05) is 47.5 Å². The monoisotopic (exact) mass is 1140 g/mol. The van der Waals surface area contributed by atoms with Crippen LogP contribution in [0.3, 0.4) is 0 Å². The zero-order valence-electron chi connectivity index (χ0n) is 52.8. The van der Waals surface area contributed by atoms with Gasteiger partial charge in [0.2, 0.25) is 0 Å². The zero-order valence-corrected chi connectivity index (χ0v) is 53.7. The number of hydrogen-bond acceptors (Lipinski definition) is 8. The molecule has 80 heavy (non-hydrogen) atoms. The van der Waals surface area contributed by atoms with Crippen LogP contribution in [0, 0.1) is 0 Å². The van der Waals surface area contributed by atoms with Gasteiger partial charge in [-0.3, -0.25) is 14.2 Å². The summed E-state index contributed by atoms with van der Waals surface area (Å²) in [5, 5.41) is 0. The molecule has 0 aromatic carbocycles. The SMILES string of the molecule is CC/C=C\C/C=C\C/C=C\C/C=C\CCCCCCCCCCCCCCCCCCC(=O)OC(COC(=O)CCCCCCCCCCCCCC/C=C\C/C=C\C/C=C\CCCCCCC)COP(=O)([O-])OCC[N+](C)(C)C. The first kappa shape index (κ1) is 77.2. The number of phosphoric ester groups is 1. The molecule has 464 valence electrons. The Bertz CT molecular complexity index is 1630. The number of carbonyl (C=O) groups is 2. The second-order valence-electron chi connectivity index (χ2n) is 23.5. The van der Waals surface area contributed by atoms with Crippen molar-refractivity contribution < 1.29 is 42.1 Å². The van der Waals surface area contributed by atoms with Gasteiger partial charge in [0.25, 0.3) is 7.82 Å². The Balaban J connectivity index is 4.08. The summed E-state index contributed by atoms with van der Waals surface area (Å²) in [5.41, 5.74) is 0. The predicted octanol–water partition coefficient (Wildman–Crippen LogP) is 20.7. The molecule has 0 aliphatic carbocycles. The van der Waals surface area contributed by atoms with Crippen molar-refractivity contribution >= 4 is 19.8 Å². The molecule has 0 aliphatic rings. The molecule has 0 heterocycles. The fraction of sp³-hybridized carbons (Fsp3) is 0.771. The summed E-state index contributed by atoms with van der Waals surface area (Å²) in [5.74, 6) is -0.828. The van der Waals surface area contributed by atoms with E-state index < -0.39 is 26.5 Å². The van der Waals surface area contributed by atoms with Gasteiger partial charge in [-0.2, -0.15) is 0 Å². The topological polar surface area (TPSA) is 111 Å². The van der Waals surface area contributed by atoms with Gasteiger partial charge >= 0.3 is 11.9 Å². The van der Waals surface area contributed by atoms with E-state index in [4.69, 9.17) is 18.5 Å². The Kier molecular flexibility index (Phi) is 58.6. The average Bonchev–Trinajstić information content (AvgIpc) is 3.42. The molecule has 0 N–H and O–H groups in total. The molecule has 0 amide bonds. The van der Waals surface area contributed by atoms with Crippen molar-refractivity contribution in [1.29, 1.82) is 0 Å². The van der Waals surface area contributed by atoms with Gasteiger partial charge in [-0.15, -0.1) is 0 Å². The number of likely N-dealkylation sites (N-methyl/N-ethyl adjacent to an activating group) is 1. The maximum absolute atomic E-state index is 12.9. The Morgan fingerprint density at radius 2 is 0.713 bits per heavy atom. The Morgan fingerprint density at radius 1 is 0.400 bits per heavy atom. The van der Waals surface area contributed by atoms with Gasteiger partial charge in [0, 0.05) is 12.8 Å². The molecule has 0 saturated carbocycles. The summed E-state index contributed by atoms with van der Waals surface area (Å²) in [6.07, 6.45) is 82.2. The highest BCUT2D eigenvalue weighted by atomic mass is 31.2. The fourth-order valence-corrected chi connectivity index (χ4v) is 10.0. The van der Waals surface area contributed by atoms with Crippen LogP contribution in [-0.2, 0) is 32.7 Å². The number of esters is 2. The smallest absolute Gasteiger partial charge is 0.306 e. The summed E-state index contributed by atoms with van der Waals surface area (Å²) >= 11 is 0. The number of rotatable bonds is 61. The molecule has 0 fully saturated rings. The number of quaternary nitrogens is 1.